The molecule has 0 bridgehead atoms. The van der Waals surface area contributed by atoms with Crippen LogP contribution in [-0.2, 0) is 13.0 Å². The molecule has 1 aromatic heterocycles. The van der Waals surface area contributed by atoms with Crippen molar-refractivity contribution in [1.82, 2.24) is 9.66 Å². The number of halogens is 3. The van der Waals surface area contributed by atoms with E-state index in [9.17, 15) is 9.59 Å². The molecule has 8 nitrogen and oxygen atoms in total. The van der Waals surface area contributed by atoms with Crippen LogP contribution in [0.2, 0.25) is 5.02 Å². The molecule has 0 atom stereocenters. The van der Waals surface area contributed by atoms with Crippen molar-refractivity contribution in [1.29, 1.82) is 0 Å². The van der Waals surface area contributed by atoms with Crippen molar-refractivity contribution in [3.63, 3.8) is 0 Å². The molecule has 0 fully saturated rings. The van der Waals surface area contributed by atoms with E-state index in [1.807, 2.05) is 19.9 Å². The molecule has 4 aromatic rings. The van der Waals surface area contributed by atoms with E-state index in [1.165, 1.54) is 23.0 Å². The zero-order valence-corrected chi connectivity index (χ0v) is 24.3. The lowest BCUT2D eigenvalue weighted by Crippen LogP contribution is -2.22. The van der Waals surface area contributed by atoms with Gasteiger partial charge in [0.2, 0.25) is 0 Å². The molecule has 0 unspecified atom stereocenters. The largest absolute Gasteiger partial charge is 0.490 e. The van der Waals surface area contributed by atoms with Gasteiger partial charge in [0.05, 0.1) is 29.3 Å². The van der Waals surface area contributed by atoms with E-state index in [0.29, 0.717) is 51.3 Å². The predicted octanol–water partition coefficient (Wildman–Crippen LogP) is 6.70. The molecule has 0 amide bonds. The second-order valence-electron chi connectivity index (χ2n) is 8.05. The summed E-state index contributed by atoms with van der Waals surface area (Å²) >= 11 is 13.6. The molecule has 196 valence electrons. The highest BCUT2D eigenvalue weighted by atomic mass is 79.9. The summed E-state index contributed by atoms with van der Waals surface area (Å²) in [4.78, 5) is 28.9. The number of ether oxygens (including phenoxy) is 2. The fourth-order valence-electron chi connectivity index (χ4n) is 3.66. The Morgan fingerprint density at radius 2 is 1.87 bits per heavy atom. The third-order valence-corrected chi connectivity index (χ3v) is 7.48. The SMILES string of the molecule is CCOc1cc(C=Nn2c(CC)nc3ccc(Br)cc3c2=O)c(Br)c(Cl)c1OCc1ccc(C(=O)O)cc1. The van der Waals surface area contributed by atoms with Gasteiger partial charge >= 0.3 is 5.97 Å². The normalized spacial score (nSPS) is 11.3. The highest BCUT2D eigenvalue weighted by molar-refractivity contribution is 9.10. The van der Waals surface area contributed by atoms with Crippen LogP contribution in [0.1, 0.15) is 41.2 Å². The number of carboxylic acid groups (broad SMARTS) is 1. The van der Waals surface area contributed by atoms with Crippen LogP contribution in [-0.4, -0.2) is 33.6 Å². The van der Waals surface area contributed by atoms with Gasteiger partial charge in [-0.2, -0.15) is 9.78 Å². The van der Waals surface area contributed by atoms with Gasteiger partial charge in [0.15, 0.2) is 11.5 Å². The van der Waals surface area contributed by atoms with Gasteiger partial charge in [-0.05, 0) is 64.8 Å². The Morgan fingerprint density at radius 1 is 1.13 bits per heavy atom. The molecule has 0 aliphatic carbocycles. The summed E-state index contributed by atoms with van der Waals surface area (Å²) in [6.07, 6.45) is 2.02. The molecule has 0 saturated heterocycles. The Balaban J connectivity index is 1.69. The fraction of sp³-hybridized carbons (Fsp3) is 0.185. The minimum Gasteiger partial charge on any atom is -0.490 e. The Labute approximate surface area is 240 Å². The quantitative estimate of drug-likeness (QED) is 0.200. The minimum atomic E-state index is -0.999. The number of aromatic nitrogens is 2. The number of aryl methyl sites for hydroxylation is 1. The Kier molecular flexibility index (Phi) is 8.86. The Bertz CT molecular complexity index is 1600. The third kappa shape index (κ3) is 5.92. The van der Waals surface area contributed by atoms with Gasteiger partial charge < -0.3 is 14.6 Å². The molecular weight excluding hydrogens is 642 g/mol. The first-order valence-corrected chi connectivity index (χ1v) is 13.5. The molecule has 3 aromatic carbocycles. The van der Waals surface area contributed by atoms with Crippen molar-refractivity contribution in [2.24, 2.45) is 5.10 Å². The van der Waals surface area contributed by atoms with Crippen LogP contribution in [0.25, 0.3) is 10.9 Å². The van der Waals surface area contributed by atoms with Gasteiger partial charge in [-0.25, -0.2) is 9.78 Å². The number of nitrogens with zero attached hydrogens (tertiary/aromatic N) is 3. The van der Waals surface area contributed by atoms with Crippen LogP contribution in [0.15, 0.2) is 67.4 Å². The standard InChI is InChI=1S/C27H22Br2ClN3O5/c1-3-22-32-20-10-9-18(28)12-19(20)26(34)33(22)31-13-17-11-21(37-4-2)25(24(30)23(17)29)38-14-15-5-7-16(8-6-15)27(35)36/h5-13H,3-4,14H2,1-2H3,(H,35,36). The van der Waals surface area contributed by atoms with Crippen molar-refractivity contribution < 1.29 is 19.4 Å². The lowest BCUT2D eigenvalue weighted by molar-refractivity contribution is 0.0697. The van der Waals surface area contributed by atoms with Crippen molar-refractivity contribution in [3.8, 4) is 11.5 Å². The summed E-state index contributed by atoms with van der Waals surface area (Å²) in [5.41, 5.74) is 1.83. The number of carboxylic acids is 1. The van der Waals surface area contributed by atoms with Gasteiger partial charge in [0.25, 0.3) is 5.56 Å². The number of fused-ring (bicyclic) bond motifs is 1. The highest BCUT2D eigenvalue weighted by Crippen LogP contribution is 2.42. The van der Waals surface area contributed by atoms with Gasteiger partial charge in [0.1, 0.15) is 17.5 Å². The first-order valence-electron chi connectivity index (χ1n) is 11.6. The monoisotopic (exact) mass is 661 g/mol. The Morgan fingerprint density at radius 3 is 2.53 bits per heavy atom. The maximum atomic E-state index is 13.2. The van der Waals surface area contributed by atoms with E-state index in [4.69, 9.17) is 26.2 Å². The van der Waals surface area contributed by atoms with E-state index >= 15 is 0 Å². The van der Waals surface area contributed by atoms with Crippen molar-refractivity contribution in [3.05, 3.63) is 95.4 Å². The van der Waals surface area contributed by atoms with Crippen molar-refractivity contribution in [2.45, 2.75) is 26.9 Å². The molecule has 38 heavy (non-hydrogen) atoms. The average Bonchev–Trinajstić information content (AvgIpc) is 2.91. The molecule has 4 rings (SSSR count). The summed E-state index contributed by atoms with van der Waals surface area (Å²) in [5.74, 6) is 0.236. The van der Waals surface area contributed by atoms with E-state index in [0.717, 1.165) is 10.0 Å². The second-order valence-corrected chi connectivity index (χ2v) is 10.1. The van der Waals surface area contributed by atoms with Crippen LogP contribution < -0.4 is 15.0 Å². The van der Waals surface area contributed by atoms with Crippen molar-refractivity contribution in [2.75, 3.05) is 6.61 Å². The first-order chi connectivity index (χ1) is 18.2. The fourth-order valence-corrected chi connectivity index (χ4v) is 4.67. The van der Waals surface area contributed by atoms with E-state index in [-0.39, 0.29) is 22.8 Å². The minimum absolute atomic E-state index is 0.146. The summed E-state index contributed by atoms with van der Waals surface area (Å²) in [6, 6.07) is 13.4. The molecular formula is C27H22Br2ClN3O5. The molecule has 0 spiro atoms. The summed E-state index contributed by atoms with van der Waals surface area (Å²) in [7, 11) is 0. The lowest BCUT2D eigenvalue weighted by Gasteiger charge is -2.16. The molecule has 11 heteroatoms. The molecule has 1 N–H and O–H groups in total. The van der Waals surface area contributed by atoms with Crippen LogP contribution in [0.3, 0.4) is 0 Å². The maximum Gasteiger partial charge on any atom is 0.335 e. The predicted molar refractivity (Wildman–Crippen MR) is 154 cm³/mol. The van der Waals surface area contributed by atoms with Crippen LogP contribution in [0.5, 0.6) is 11.5 Å². The zero-order chi connectivity index (χ0) is 27.4. The number of hydrogen-bond acceptors (Lipinski definition) is 6. The second kappa shape index (κ2) is 12.1. The smallest absolute Gasteiger partial charge is 0.335 e. The van der Waals surface area contributed by atoms with Gasteiger partial charge in [-0.1, -0.05) is 46.6 Å². The maximum absolute atomic E-state index is 13.2. The number of hydrogen-bond donors (Lipinski definition) is 1. The average molecular weight is 664 g/mol. The third-order valence-electron chi connectivity index (χ3n) is 5.54. The van der Waals surface area contributed by atoms with Gasteiger partial charge in [0, 0.05) is 20.9 Å². The highest BCUT2D eigenvalue weighted by Gasteiger charge is 2.18. The van der Waals surface area contributed by atoms with Gasteiger partial charge in [-0.15, -0.1) is 0 Å². The number of rotatable bonds is 9. The number of carbonyl (C=O) groups is 1. The molecule has 0 radical (unpaired) electrons. The van der Waals surface area contributed by atoms with Gasteiger partial charge in [-0.3, -0.25) is 4.79 Å². The Hall–Kier alpha value is -3.21. The number of aromatic carboxylic acids is 1. The molecule has 0 saturated carbocycles. The first kappa shape index (κ1) is 27.8. The van der Waals surface area contributed by atoms with Crippen LogP contribution in [0, 0.1) is 0 Å². The molecule has 1 heterocycles. The van der Waals surface area contributed by atoms with Crippen LogP contribution in [0.4, 0.5) is 0 Å². The zero-order valence-electron chi connectivity index (χ0n) is 20.4. The summed E-state index contributed by atoms with van der Waals surface area (Å²) in [5, 5.41) is 14.2. The summed E-state index contributed by atoms with van der Waals surface area (Å²) < 4.78 is 14.3. The van der Waals surface area contributed by atoms with E-state index in [1.54, 1.807) is 30.3 Å². The summed E-state index contributed by atoms with van der Waals surface area (Å²) in [6.45, 7) is 4.25. The molecule has 0 aliphatic heterocycles. The van der Waals surface area contributed by atoms with E-state index < -0.39 is 5.97 Å². The lowest BCUT2D eigenvalue weighted by atomic mass is 10.1. The van der Waals surface area contributed by atoms with Crippen LogP contribution >= 0.6 is 43.5 Å². The van der Waals surface area contributed by atoms with Crippen molar-refractivity contribution >= 4 is 66.5 Å². The number of benzene rings is 3. The van der Waals surface area contributed by atoms with E-state index in [2.05, 4.69) is 41.9 Å². The molecule has 0 aliphatic rings. The topological polar surface area (TPSA) is 103 Å².